The SMILES string of the molecule is CCCC1CCC(C(NCC)c2c(F)cccc2F)CC1. The molecule has 0 saturated heterocycles. The van der Waals surface area contributed by atoms with Crippen LogP contribution in [0.3, 0.4) is 0 Å². The summed E-state index contributed by atoms with van der Waals surface area (Å²) in [6.45, 7) is 4.95. The van der Waals surface area contributed by atoms with Crippen molar-refractivity contribution in [3.63, 3.8) is 0 Å². The van der Waals surface area contributed by atoms with E-state index in [1.165, 1.54) is 43.9 Å². The van der Waals surface area contributed by atoms with Crippen molar-refractivity contribution in [1.29, 1.82) is 0 Å². The van der Waals surface area contributed by atoms with Crippen molar-refractivity contribution in [2.75, 3.05) is 6.54 Å². The average molecular weight is 295 g/mol. The Bertz CT molecular complexity index is 419. The monoisotopic (exact) mass is 295 g/mol. The van der Waals surface area contributed by atoms with Crippen molar-refractivity contribution in [1.82, 2.24) is 5.32 Å². The van der Waals surface area contributed by atoms with Gasteiger partial charge in [-0.2, -0.15) is 0 Å². The minimum Gasteiger partial charge on any atom is -0.310 e. The van der Waals surface area contributed by atoms with Gasteiger partial charge in [-0.15, -0.1) is 0 Å². The zero-order valence-electron chi connectivity index (χ0n) is 13.2. The summed E-state index contributed by atoms with van der Waals surface area (Å²) in [4.78, 5) is 0. The highest BCUT2D eigenvalue weighted by molar-refractivity contribution is 5.24. The third kappa shape index (κ3) is 4.03. The van der Waals surface area contributed by atoms with E-state index in [-0.39, 0.29) is 11.6 Å². The van der Waals surface area contributed by atoms with Gasteiger partial charge in [0.05, 0.1) is 0 Å². The number of nitrogens with one attached hydrogen (secondary N) is 1. The van der Waals surface area contributed by atoms with Crippen LogP contribution in [0.15, 0.2) is 18.2 Å². The maximum absolute atomic E-state index is 14.1. The van der Waals surface area contributed by atoms with E-state index in [0.717, 1.165) is 25.3 Å². The van der Waals surface area contributed by atoms with E-state index in [1.807, 2.05) is 6.92 Å². The fraction of sp³-hybridized carbons (Fsp3) is 0.667. The summed E-state index contributed by atoms with van der Waals surface area (Å²) in [5, 5.41) is 3.32. The minimum absolute atomic E-state index is 0.196. The van der Waals surface area contributed by atoms with Crippen LogP contribution < -0.4 is 5.32 Å². The van der Waals surface area contributed by atoms with Crippen LogP contribution in [-0.2, 0) is 0 Å². The van der Waals surface area contributed by atoms with Crippen LogP contribution in [-0.4, -0.2) is 6.54 Å². The summed E-state index contributed by atoms with van der Waals surface area (Å²) in [6, 6.07) is 3.98. The standard InChI is InChI=1S/C18H27F2N/c1-3-6-13-9-11-14(12-10-13)18(21-4-2)17-15(19)7-5-8-16(17)20/h5,7-8,13-14,18,21H,3-4,6,9-12H2,1-2H3. The molecule has 1 atom stereocenters. The lowest BCUT2D eigenvalue weighted by molar-refractivity contribution is 0.210. The van der Waals surface area contributed by atoms with Crippen molar-refractivity contribution in [3.8, 4) is 0 Å². The Labute approximate surface area is 127 Å². The van der Waals surface area contributed by atoms with E-state index >= 15 is 0 Å². The lowest BCUT2D eigenvalue weighted by Gasteiger charge is -2.34. The second kappa shape index (κ2) is 7.88. The Kier molecular flexibility index (Phi) is 6.16. The third-order valence-corrected chi connectivity index (χ3v) is 4.79. The molecule has 1 N–H and O–H groups in total. The van der Waals surface area contributed by atoms with Crippen LogP contribution in [0, 0.1) is 23.5 Å². The van der Waals surface area contributed by atoms with E-state index < -0.39 is 11.6 Å². The normalized spacial score (nSPS) is 24.0. The maximum atomic E-state index is 14.1. The highest BCUT2D eigenvalue weighted by Gasteiger charge is 2.31. The molecule has 0 radical (unpaired) electrons. The van der Waals surface area contributed by atoms with Crippen molar-refractivity contribution < 1.29 is 8.78 Å². The summed E-state index contributed by atoms with van der Waals surface area (Å²) in [6.07, 6.45) is 7.03. The molecule has 21 heavy (non-hydrogen) atoms. The molecular weight excluding hydrogens is 268 g/mol. The first-order chi connectivity index (χ1) is 10.2. The van der Waals surface area contributed by atoms with Gasteiger partial charge in [-0.3, -0.25) is 0 Å². The Morgan fingerprint density at radius 2 is 1.71 bits per heavy atom. The van der Waals surface area contributed by atoms with Gasteiger partial charge in [0.1, 0.15) is 11.6 Å². The summed E-state index contributed by atoms with van der Waals surface area (Å²) in [7, 11) is 0. The summed E-state index contributed by atoms with van der Waals surface area (Å²) >= 11 is 0. The second-order valence-electron chi connectivity index (χ2n) is 6.24. The van der Waals surface area contributed by atoms with E-state index in [4.69, 9.17) is 0 Å². The van der Waals surface area contributed by atoms with Crippen LogP contribution in [0.4, 0.5) is 8.78 Å². The largest absolute Gasteiger partial charge is 0.310 e. The van der Waals surface area contributed by atoms with Crippen LogP contribution in [0.1, 0.15) is 64.0 Å². The predicted molar refractivity (Wildman–Crippen MR) is 83.1 cm³/mol. The minimum atomic E-state index is -0.420. The Hall–Kier alpha value is -0.960. The van der Waals surface area contributed by atoms with Gasteiger partial charge in [0.25, 0.3) is 0 Å². The zero-order chi connectivity index (χ0) is 15.2. The number of hydrogen-bond donors (Lipinski definition) is 1. The Morgan fingerprint density at radius 3 is 2.24 bits per heavy atom. The van der Waals surface area contributed by atoms with Crippen molar-refractivity contribution >= 4 is 0 Å². The highest BCUT2D eigenvalue weighted by atomic mass is 19.1. The molecule has 1 aromatic rings. The zero-order valence-corrected chi connectivity index (χ0v) is 13.2. The molecule has 1 fully saturated rings. The molecule has 3 heteroatoms. The first-order valence-electron chi connectivity index (χ1n) is 8.34. The molecule has 1 aliphatic rings. The van der Waals surface area contributed by atoms with Crippen LogP contribution in [0.5, 0.6) is 0 Å². The van der Waals surface area contributed by atoms with Crippen LogP contribution in [0.2, 0.25) is 0 Å². The van der Waals surface area contributed by atoms with Crippen molar-refractivity contribution in [2.45, 2.75) is 58.4 Å². The number of benzene rings is 1. The lowest BCUT2D eigenvalue weighted by Crippen LogP contribution is -2.32. The Balaban J connectivity index is 2.13. The van der Waals surface area contributed by atoms with Gasteiger partial charge in [0.15, 0.2) is 0 Å². The highest BCUT2D eigenvalue weighted by Crippen LogP contribution is 2.39. The average Bonchev–Trinajstić information content (AvgIpc) is 2.47. The van der Waals surface area contributed by atoms with Gasteiger partial charge in [-0.25, -0.2) is 8.78 Å². The molecule has 1 nitrogen and oxygen atoms in total. The molecule has 1 unspecified atom stereocenters. The molecule has 0 aromatic heterocycles. The molecule has 118 valence electrons. The van der Waals surface area contributed by atoms with E-state index in [1.54, 1.807) is 0 Å². The molecule has 1 aromatic carbocycles. The van der Waals surface area contributed by atoms with Gasteiger partial charge in [0.2, 0.25) is 0 Å². The van der Waals surface area contributed by atoms with Crippen molar-refractivity contribution in [2.24, 2.45) is 11.8 Å². The van der Waals surface area contributed by atoms with Crippen LogP contribution in [0.25, 0.3) is 0 Å². The molecule has 1 aliphatic carbocycles. The number of rotatable bonds is 6. The molecule has 0 spiro atoms. The Morgan fingerprint density at radius 1 is 1.10 bits per heavy atom. The number of halogens is 2. The quantitative estimate of drug-likeness (QED) is 0.758. The predicted octanol–water partition coefficient (Wildman–Crippen LogP) is 5.22. The van der Waals surface area contributed by atoms with E-state index in [0.29, 0.717) is 5.92 Å². The summed E-state index contributed by atoms with van der Waals surface area (Å²) in [5.74, 6) is 0.303. The van der Waals surface area contributed by atoms with Gasteiger partial charge in [-0.05, 0) is 43.4 Å². The smallest absolute Gasteiger partial charge is 0.130 e. The van der Waals surface area contributed by atoms with E-state index in [2.05, 4.69) is 12.2 Å². The molecular formula is C18H27F2N. The van der Waals surface area contributed by atoms with Gasteiger partial charge in [0, 0.05) is 11.6 Å². The lowest BCUT2D eigenvalue weighted by atomic mass is 9.75. The molecule has 2 rings (SSSR count). The third-order valence-electron chi connectivity index (χ3n) is 4.79. The molecule has 1 saturated carbocycles. The van der Waals surface area contributed by atoms with E-state index in [9.17, 15) is 8.78 Å². The van der Waals surface area contributed by atoms with Gasteiger partial charge < -0.3 is 5.32 Å². The molecule has 0 heterocycles. The van der Waals surface area contributed by atoms with Crippen LogP contribution >= 0.6 is 0 Å². The summed E-state index contributed by atoms with van der Waals surface area (Å²) in [5.41, 5.74) is 0.235. The molecule has 0 aliphatic heterocycles. The number of hydrogen-bond acceptors (Lipinski definition) is 1. The van der Waals surface area contributed by atoms with Gasteiger partial charge >= 0.3 is 0 Å². The fourth-order valence-electron chi connectivity index (χ4n) is 3.75. The van der Waals surface area contributed by atoms with Crippen molar-refractivity contribution in [3.05, 3.63) is 35.4 Å². The first kappa shape index (κ1) is 16.4. The van der Waals surface area contributed by atoms with Gasteiger partial charge in [-0.1, -0.05) is 45.6 Å². The maximum Gasteiger partial charge on any atom is 0.130 e. The molecule has 0 amide bonds. The fourth-order valence-corrected chi connectivity index (χ4v) is 3.75. The second-order valence-corrected chi connectivity index (χ2v) is 6.24. The molecule has 0 bridgehead atoms. The summed E-state index contributed by atoms with van der Waals surface area (Å²) < 4.78 is 28.2. The first-order valence-corrected chi connectivity index (χ1v) is 8.34. The topological polar surface area (TPSA) is 12.0 Å².